The Balaban J connectivity index is 1.97. The first-order valence-corrected chi connectivity index (χ1v) is 8.28. The maximum absolute atomic E-state index is 4.25. The summed E-state index contributed by atoms with van der Waals surface area (Å²) in [5.41, 5.74) is 6.63. The Hall–Kier alpha value is -1.86. The number of nitrogens with zero attached hydrogens (tertiary/aromatic N) is 1. The number of hydrogen-bond donors (Lipinski definition) is 0. The lowest BCUT2D eigenvalue weighted by Crippen LogP contribution is -2.20. The van der Waals surface area contributed by atoms with Gasteiger partial charge in [-0.3, -0.25) is 4.90 Å². The summed E-state index contributed by atoms with van der Waals surface area (Å²) in [5.74, 6) is 0. The molecule has 0 heterocycles. The zero-order chi connectivity index (χ0) is 17.0. The summed E-state index contributed by atoms with van der Waals surface area (Å²) in [5, 5.41) is 0. The predicted molar refractivity (Wildman–Crippen MR) is 102 cm³/mol. The topological polar surface area (TPSA) is 3.24 Å². The Kier molecular flexibility index (Phi) is 5.43. The number of benzene rings is 2. The molecule has 2 aromatic rings. The van der Waals surface area contributed by atoms with Gasteiger partial charge in [-0.1, -0.05) is 81.4 Å². The Morgan fingerprint density at radius 1 is 1.04 bits per heavy atom. The zero-order valence-electron chi connectivity index (χ0n) is 15.2. The SMILES string of the molecule is C=C(CN(C)Cc1ccc(C(C)(C)C)cc1)c1cccc(C)c1. The fourth-order valence-corrected chi connectivity index (χ4v) is 2.76. The molecule has 1 heteroatoms. The zero-order valence-corrected chi connectivity index (χ0v) is 15.2. The van der Waals surface area contributed by atoms with Crippen LogP contribution < -0.4 is 0 Å². The molecule has 0 radical (unpaired) electrons. The molecule has 0 amide bonds. The summed E-state index contributed by atoms with van der Waals surface area (Å²) in [6, 6.07) is 17.5. The molecule has 122 valence electrons. The first kappa shape index (κ1) is 17.5. The number of hydrogen-bond acceptors (Lipinski definition) is 1. The molecule has 0 N–H and O–H groups in total. The molecule has 0 aromatic heterocycles. The van der Waals surface area contributed by atoms with E-state index in [0.717, 1.165) is 13.1 Å². The number of likely N-dealkylation sites (N-methyl/N-ethyl adjacent to an activating group) is 1. The Morgan fingerprint density at radius 2 is 1.70 bits per heavy atom. The fraction of sp³-hybridized carbons (Fsp3) is 0.364. The molecule has 0 atom stereocenters. The molecule has 23 heavy (non-hydrogen) atoms. The van der Waals surface area contributed by atoms with E-state index in [9.17, 15) is 0 Å². The maximum atomic E-state index is 4.25. The first-order valence-electron chi connectivity index (χ1n) is 8.28. The van der Waals surface area contributed by atoms with E-state index in [1.165, 1.54) is 27.8 Å². The van der Waals surface area contributed by atoms with Crippen LogP contribution in [0.15, 0.2) is 55.1 Å². The predicted octanol–water partition coefficient (Wildman–Crippen LogP) is 5.44. The summed E-state index contributed by atoms with van der Waals surface area (Å²) in [7, 11) is 2.15. The third-order valence-electron chi connectivity index (χ3n) is 4.16. The van der Waals surface area contributed by atoms with Crippen LogP contribution in [0.25, 0.3) is 5.57 Å². The van der Waals surface area contributed by atoms with E-state index in [-0.39, 0.29) is 5.41 Å². The highest BCUT2D eigenvalue weighted by Crippen LogP contribution is 2.22. The van der Waals surface area contributed by atoms with Gasteiger partial charge >= 0.3 is 0 Å². The van der Waals surface area contributed by atoms with Gasteiger partial charge in [0.2, 0.25) is 0 Å². The van der Waals surface area contributed by atoms with Crippen molar-refractivity contribution >= 4 is 5.57 Å². The summed E-state index contributed by atoms with van der Waals surface area (Å²) in [4.78, 5) is 2.32. The molecule has 0 aliphatic heterocycles. The van der Waals surface area contributed by atoms with E-state index in [0.29, 0.717) is 0 Å². The van der Waals surface area contributed by atoms with Crippen LogP contribution >= 0.6 is 0 Å². The Labute approximate surface area is 141 Å². The van der Waals surface area contributed by atoms with Gasteiger partial charge < -0.3 is 0 Å². The van der Waals surface area contributed by atoms with Gasteiger partial charge in [-0.15, -0.1) is 0 Å². The molecule has 0 fully saturated rings. The monoisotopic (exact) mass is 307 g/mol. The largest absolute Gasteiger partial charge is 0.298 e. The number of aryl methyl sites for hydroxylation is 1. The van der Waals surface area contributed by atoms with E-state index in [1.54, 1.807) is 0 Å². The van der Waals surface area contributed by atoms with Crippen LogP contribution in [0.1, 0.15) is 43.0 Å². The molecule has 0 saturated carbocycles. The summed E-state index contributed by atoms with van der Waals surface area (Å²) >= 11 is 0. The minimum absolute atomic E-state index is 0.212. The van der Waals surface area contributed by atoms with Crippen molar-refractivity contribution in [3.63, 3.8) is 0 Å². The van der Waals surface area contributed by atoms with E-state index < -0.39 is 0 Å². The average Bonchev–Trinajstić information content (AvgIpc) is 2.46. The first-order chi connectivity index (χ1) is 10.8. The van der Waals surface area contributed by atoms with E-state index >= 15 is 0 Å². The average molecular weight is 307 g/mol. The molecular weight excluding hydrogens is 278 g/mol. The second-order valence-electron chi connectivity index (χ2n) is 7.59. The Bertz CT molecular complexity index is 659. The van der Waals surface area contributed by atoms with Crippen LogP contribution in [0.2, 0.25) is 0 Å². The van der Waals surface area contributed by atoms with Crippen molar-refractivity contribution in [3.05, 3.63) is 77.4 Å². The van der Waals surface area contributed by atoms with Gasteiger partial charge in [0, 0.05) is 13.1 Å². The molecule has 0 unspecified atom stereocenters. The van der Waals surface area contributed by atoms with Gasteiger partial charge in [0.1, 0.15) is 0 Å². The van der Waals surface area contributed by atoms with Gasteiger partial charge in [-0.05, 0) is 41.6 Å². The summed E-state index contributed by atoms with van der Waals surface area (Å²) < 4.78 is 0. The van der Waals surface area contributed by atoms with Crippen molar-refractivity contribution in [2.24, 2.45) is 0 Å². The molecule has 0 spiro atoms. The fourth-order valence-electron chi connectivity index (χ4n) is 2.76. The van der Waals surface area contributed by atoms with Crippen molar-refractivity contribution < 1.29 is 0 Å². The lowest BCUT2D eigenvalue weighted by Gasteiger charge is -2.21. The highest BCUT2D eigenvalue weighted by Gasteiger charge is 2.13. The van der Waals surface area contributed by atoms with Crippen LogP contribution in [0.5, 0.6) is 0 Å². The lowest BCUT2D eigenvalue weighted by atomic mass is 9.87. The molecule has 0 aliphatic carbocycles. The highest BCUT2D eigenvalue weighted by molar-refractivity contribution is 5.65. The van der Waals surface area contributed by atoms with Crippen molar-refractivity contribution in [2.45, 2.75) is 39.7 Å². The van der Waals surface area contributed by atoms with Crippen molar-refractivity contribution in [2.75, 3.05) is 13.6 Å². The van der Waals surface area contributed by atoms with Gasteiger partial charge in [-0.25, -0.2) is 0 Å². The summed E-state index contributed by atoms with van der Waals surface area (Å²) in [6.07, 6.45) is 0. The maximum Gasteiger partial charge on any atom is 0.0234 e. The van der Waals surface area contributed by atoms with Gasteiger partial charge in [-0.2, -0.15) is 0 Å². The Morgan fingerprint density at radius 3 is 2.26 bits per heavy atom. The highest BCUT2D eigenvalue weighted by atomic mass is 15.1. The van der Waals surface area contributed by atoms with Crippen molar-refractivity contribution in [1.29, 1.82) is 0 Å². The molecule has 0 bridgehead atoms. The minimum atomic E-state index is 0.212. The molecule has 0 saturated heterocycles. The second-order valence-corrected chi connectivity index (χ2v) is 7.59. The second kappa shape index (κ2) is 7.14. The molecular formula is C22H29N. The van der Waals surface area contributed by atoms with Crippen LogP contribution in [-0.2, 0) is 12.0 Å². The van der Waals surface area contributed by atoms with Crippen molar-refractivity contribution in [1.82, 2.24) is 4.90 Å². The molecule has 1 nitrogen and oxygen atoms in total. The van der Waals surface area contributed by atoms with E-state index in [4.69, 9.17) is 0 Å². The molecule has 2 rings (SSSR count). The standard InChI is InChI=1S/C22H29N/c1-17-8-7-9-20(14-17)18(2)15-23(6)16-19-10-12-21(13-11-19)22(3,4)5/h7-14H,2,15-16H2,1,3-6H3. The normalized spacial score (nSPS) is 11.7. The third-order valence-corrected chi connectivity index (χ3v) is 4.16. The quantitative estimate of drug-likeness (QED) is 0.711. The minimum Gasteiger partial charge on any atom is -0.298 e. The summed E-state index contributed by atoms with van der Waals surface area (Å²) in [6.45, 7) is 14.9. The molecule has 0 aliphatic rings. The van der Waals surface area contributed by atoms with E-state index in [1.807, 2.05) is 0 Å². The van der Waals surface area contributed by atoms with Gasteiger partial charge in [0.15, 0.2) is 0 Å². The number of rotatable bonds is 5. The smallest absolute Gasteiger partial charge is 0.0234 e. The van der Waals surface area contributed by atoms with Crippen LogP contribution in [-0.4, -0.2) is 18.5 Å². The van der Waals surface area contributed by atoms with Crippen LogP contribution in [0.3, 0.4) is 0 Å². The van der Waals surface area contributed by atoms with Crippen LogP contribution in [0, 0.1) is 6.92 Å². The lowest BCUT2D eigenvalue weighted by molar-refractivity contribution is 0.369. The third kappa shape index (κ3) is 5.07. The van der Waals surface area contributed by atoms with Gasteiger partial charge in [0.05, 0.1) is 0 Å². The van der Waals surface area contributed by atoms with Crippen molar-refractivity contribution in [3.8, 4) is 0 Å². The van der Waals surface area contributed by atoms with Crippen LogP contribution in [0.4, 0.5) is 0 Å². The molecule has 2 aromatic carbocycles. The van der Waals surface area contributed by atoms with E-state index in [2.05, 4.69) is 94.8 Å². The van der Waals surface area contributed by atoms with Gasteiger partial charge in [0.25, 0.3) is 0 Å².